The van der Waals surface area contributed by atoms with E-state index < -0.39 is 22.9 Å². The lowest BCUT2D eigenvalue weighted by atomic mass is 9.86. The molecule has 0 spiro atoms. The predicted molar refractivity (Wildman–Crippen MR) is 192 cm³/mol. The number of hydrogen-bond donors (Lipinski definition) is 6. The van der Waals surface area contributed by atoms with Crippen LogP contribution in [-0.2, 0) is 26.3 Å². The van der Waals surface area contributed by atoms with Crippen molar-refractivity contribution in [2.75, 3.05) is 48.0 Å². The lowest BCUT2D eigenvalue weighted by molar-refractivity contribution is -0.299. The third-order valence-electron chi connectivity index (χ3n) is 7.72. The molecule has 2 aromatic rings. The minimum Gasteiger partial charge on any atom is -0.492 e. The van der Waals surface area contributed by atoms with Gasteiger partial charge in [0, 0.05) is 25.2 Å². The number of hydrogen-bond acceptors (Lipinski definition) is 9. The van der Waals surface area contributed by atoms with Gasteiger partial charge in [0.25, 0.3) is 17.3 Å². The van der Waals surface area contributed by atoms with Gasteiger partial charge in [-0.1, -0.05) is 26.8 Å². The van der Waals surface area contributed by atoms with Crippen LogP contribution < -0.4 is 36.7 Å². The lowest BCUT2D eigenvalue weighted by Crippen LogP contribution is -2.56. The summed E-state index contributed by atoms with van der Waals surface area (Å²) in [5.41, 5.74) is 6.75. The van der Waals surface area contributed by atoms with Crippen molar-refractivity contribution in [3.63, 3.8) is 0 Å². The minimum absolute atomic E-state index is 0.0801. The zero-order valence-electron chi connectivity index (χ0n) is 29.7. The standard InChI is InChI=1S/C34H51N7O6S/c1-21-12-13-23(30(42)38-26-16-24(33(2,3)4)17-27(29(26)46-8)39-48(9)45)15-28(21)41(36)20-25(35)31(43)37-18-22-11-10-14-40(19-22)32(44)47-34(5,6)7/h12-13,15-17,20,22,39,45H,10-11,14,18-19,35-36H2,1-9H3,(H-,37,38,42,43)/p+2/b25-20-. The summed E-state index contributed by atoms with van der Waals surface area (Å²) in [6.45, 7) is 15.0. The number of nitrogens with two attached hydrogens (primary N) is 1. The molecule has 0 radical (unpaired) electrons. The molecular formula is C34H53N7O6S+2. The van der Waals surface area contributed by atoms with Crippen molar-refractivity contribution >= 4 is 46.3 Å². The van der Waals surface area contributed by atoms with E-state index in [2.05, 4.69) is 41.9 Å². The Morgan fingerprint density at radius 3 is 2.42 bits per heavy atom. The van der Waals surface area contributed by atoms with Crippen LogP contribution >= 0.6 is 0 Å². The third kappa shape index (κ3) is 10.8. The third-order valence-corrected chi connectivity index (χ3v) is 8.24. The van der Waals surface area contributed by atoms with Crippen LogP contribution in [0, 0.1) is 12.8 Å². The van der Waals surface area contributed by atoms with Crippen molar-refractivity contribution in [2.45, 2.75) is 72.3 Å². The Balaban J connectivity index is 1.73. The van der Waals surface area contributed by atoms with Gasteiger partial charge in [-0.2, -0.15) is 9.27 Å². The molecule has 1 saturated heterocycles. The van der Waals surface area contributed by atoms with Crippen molar-refractivity contribution in [2.24, 2.45) is 11.8 Å². The van der Waals surface area contributed by atoms with Crippen LogP contribution in [0.1, 0.15) is 75.9 Å². The number of aryl methyl sites for hydroxylation is 1. The normalized spacial score (nSPS) is 16.1. The molecule has 48 heavy (non-hydrogen) atoms. The Kier molecular flexibility index (Phi) is 12.8. The number of carbonyl (C=O) groups is 3. The van der Waals surface area contributed by atoms with Crippen molar-refractivity contribution in [1.82, 2.24) is 10.2 Å². The number of piperidine rings is 1. The van der Waals surface area contributed by atoms with Crippen molar-refractivity contribution < 1.29 is 34.1 Å². The van der Waals surface area contributed by atoms with Crippen LogP contribution in [0.5, 0.6) is 5.75 Å². The molecule has 3 amide bonds. The topological polar surface area (TPSA) is 186 Å². The summed E-state index contributed by atoms with van der Waals surface area (Å²) < 4.78 is 24.2. The van der Waals surface area contributed by atoms with Gasteiger partial charge in [-0.05, 0) is 87.3 Å². The molecule has 9 N–H and O–H groups in total. The fourth-order valence-corrected chi connectivity index (χ4v) is 5.67. The second-order valence-electron chi connectivity index (χ2n) is 14.1. The Labute approximate surface area is 287 Å². The number of ether oxygens (including phenoxy) is 2. The molecule has 2 atom stereocenters. The van der Waals surface area contributed by atoms with Gasteiger partial charge in [0.2, 0.25) is 5.70 Å². The molecule has 0 bridgehead atoms. The highest BCUT2D eigenvalue weighted by atomic mass is 32.2. The SMILES string of the molecule is COc1c(NC(=O)c2ccc(C)c(N(N)/C=C(\[NH3+])C(=O)NCC3CCCN(C(=O)OC(C)(C)C)C3)c2)cc(C(C)(C)C)cc1N[S+](C)O. The maximum absolute atomic E-state index is 13.5. The van der Waals surface area contributed by atoms with Crippen molar-refractivity contribution in [3.8, 4) is 5.75 Å². The van der Waals surface area contributed by atoms with Gasteiger partial charge in [-0.3, -0.25) is 14.6 Å². The number of benzene rings is 2. The molecule has 2 aromatic carbocycles. The number of nitrogens with one attached hydrogen (secondary N) is 3. The molecule has 1 fully saturated rings. The molecule has 13 nitrogen and oxygen atoms in total. The van der Waals surface area contributed by atoms with Crippen LogP contribution in [-0.4, -0.2) is 66.0 Å². The number of hydrazine groups is 1. The van der Waals surface area contributed by atoms with Gasteiger partial charge in [-0.25, -0.2) is 10.6 Å². The maximum atomic E-state index is 13.5. The number of carbonyl (C=O) groups excluding carboxylic acids is 3. The Morgan fingerprint density at radius 2 is 1.81 bits per heavy atom. The van der Waals surface area contributed by atoms with Crippen molar-refractivity contribution in [3.05, 3.63) is 58.9 Å². The van der Waals surface area contributed by atoms with Crippen LogP contribution in [0.25, 0.3) is 0 Å². The second kappa shape index (κ2) is 15.9. The molecule has 2 unspecified atom stereocenters. The molecular weight excluding hydrogens is 634 g/mol. The van der Waals surface area contributed by atoms with Crippen LogP contribution in [0.4, 0.5) is 21.9 Å². The smallest absolute Gasteiger partial charge is 0.410 e. The summed E-state index contributed by atoms with van der Waals surface area (Å²) in [6.07, 6.45) is 4.39. The summed E-state index contributed by atoms with van der Waals surface area (Å²) in [6, 6.07) is 8.85. The first kappa shape index (κ1) is 38.5. The van der Waals surface area contributed by atoms with Crippen LogP contribution in [0.3, 0.4) is 0 Å². The molecule has 14 heteroatoms. The van der Waals surface area contributed by atoms with Gasteiger partial charge in [-0.15, -0.1) is 0 Å². The Bertz CT molecular complexity index is 1520. The quantitative estimate of drug-likeness (QED) is 0.0925. The van der Waals surface area contributed by atoms with E-state index in [1.165, 1.54) is 18.3 Å². The van der Waals surface area contributed by atoms with Gasteiger partial charge in [0.1, 0.15) is 11.3 Å². The van der Waals surface area contributed by atoms with E-state index in [1.54, 1.807) is 29.4 Å². The van der Waals surface area contributed by atoms with Gasteiger partial charge >= 0.3 is 12.0 Å². The molecule has 0 aliphatic carbocycles. The van der Waals surface area contributed by atoms with E-state index in [-0.39, 0.29) is 29.0 Å². The first-order chi connectivity index (χ1) is 22.3. The van der Waals surface area contributed by atoms with Gasteiger partial charge in [0.15, 0.2) is 12.0 Å². The molecule has 0 aromatic heterocycles. The number of rotatable bonds is 10. The number of quaternary nitrogens is 1. The highest BCUT2D eigenvalue weighted by Crippen LogP contribution is 2.39. The van der Waals surface area contributed by atoms with Crippen molar-refractivity contribution in [1.29, 1.82) is 0 Å². The summed E-state index contributed by atoms with van der Waals surface area (Å²) in [7, 11) is 1.50. The minimum atomic E-state index is -1.12. The molecule has 0 saturated carbocycles. The average molecular weight is 688 g/mol. The van der Waals surface area contributed by atoms with E-state index in [4.69, 9.17) is 15.3 Å². The van der Waals surface area contributed by atoms with E-state index in [9.17, 15) is 18.9 Å². The summed E-state index contributed by atoms with van der Waals surface area (Å²) in [5, 5.41) is 7.12. The molecule has 1 aliphatic rings. The molecule has 264 valence electrons. The van der Waals surface area contributed by atoms with E-state index in [0.29, 0.717) is 48.0 Å². The first-order valence-electron chi connectivity index (χ1n) is 15.9. The number of nitrogens with zero attached hydrogens (tertiary/aromatic N) is 2. The van der Waals surface area contributed by atoms with Gasteiger partial charge < -0.3 is 30.7 Å². The molecule has 3 rings (SSSR count). The summed E-state index contributed by atoms with van der Waals surface area (Å²) in [4.78, 5) is 40.7. The van der Waals surface area contributed by atoms with Gasteiger partial charge in [0.05, 0.1) is 24.7 Å². The Morgan fingerprint density at radius 1 is 1.15 bits per heavy atom. The predicted octanol–water partition coefficient (Wildman–Crippen LogP) is 4.13. The van der Waals surface area contributed by atoms with Crippen LogP contribution in [0.2, 0.25) is 0 Å². The number of anilines is 3. The zero-order valence-corrected chi connectivity index (χ0v) is 30.5. The first-order valence-corrected chi connectivity index (χ1v) is 17.5. The summed E-state index contributed by atoms with van der Waals surface area (Å²) >= 11 is -1.12. The molecule has 1 aliphatic heterocycles. The Hall–Kier alpha value is -3.98. The maximum Gasteiger partial charge on any atom is 0.410 e. The highest BCUT2D eigenvalue weighted by Gasteiger charge is 2.28. The monoisotopic (exact) mass is 687 g/mol. The number of amides is 3. The van der Waals surface area contributed by atoms with E-state index in [0.717, 1.165) is 24.0 Å². The highest BCUT2D eigenvalue weighted by molar-refractivity contribution is 7.92. The van der Waals surface area contributed by atoms with E-state index in [1.807, 2.05) is 39.8 Å². The second-order valence-corrected chi connectivity index (χ2v) is 15.3. The fourth-order valence-electron chi connectivity index (χ4n) is 5.20. The van der Waals surface area contributed by atoms with Crippen LogP contribution in [0.15, 0.2) is 42.2 Å². The largest absolute Gasteiger partial charge is 0.492 e. The van der Waals surface area contributed by atoms with E-state index >= 15 is 0 Å². The lowest BCUT2D eigenvalue weighted by Gasteiger charge is -2.34. The number of methoxy groups -OCH3 is 1. The average Bonchev–Trinajstić information content (AvgIpc) is 2.98. The zero-order chi connectivity index (χ0) is 36.0. The number of likely N-dealkylation sites (tertiary alicyclic amines) is 1. The fraction of sp³-hybridized carbons (Fsp3) is 0.500. The summed E-state index contributed by atoms with van der Waals surface area (Å²) in [5.74, 6) is 6.05. The molecule has 1 heterocycles.